The molecule has 3 aliphatic rings. The van der Waals surface area contributed by atoms with Crippen LogP contribution in [-0.4, -0.2) is 69.3 Å². The number of nitrogens with zero attached hydrogens (tertiary/aromatic N) is 2. The fraction of sp³-hybridized carbons (Fsp3) is 0.407. The van der Waals surface area contributed by atoms with E-state index in [0.29, 0.717) is 59.8 Å². The number of nitrogens with one attached hydrogen (secondary N) is 1. The molecule has 2 aromatic carbocycles. The number of primary amides is 1. The highest BCUT2D eigenvalue weighted by molar-refractivity contribution is 7.99. The van der Waals surface area contributed by atoms with Gasteiger partial charge in [-0.25, -0.2) is 0 Å². The Morgan fingerprint density at radius 1 is 1.21 bits per heavy atom. The highest BCUT2D eigenvalue weighted by Crippen LogP contribution is 2.48. The van der Waals surface area contributed by atoms with E-state index in [1.807, 2.05) is 0 Å². The van der Waals surface area contributed by atoms with Gasteiger partial charge in [0.2, 0.25) is 11.8 Å². The monoisotopic (exact) mass is 556 g/mol. The van der Waals surface area contributed by atoms with Gasteiger partial charge in [-0.1, -0.05) is 17.7 Å². The predicted molar refractivity (Wildman–Crippen MR) is 145 cm³/mol. The van der Waals surface area contributed by atoms with E-state index < -0.39 is 17.5 Å². The van der Waals surface area contributed by atoms with Gasteiger partial charge in [0.05, 0.1) is 5.37 Å². The summed E-state index contributed by atoms with van der Waals surface area (Å²) in [6, 6.07) is 11.2. The Hall–Kier alpha value is -3.24. The molecular weight excluding hydrogens is 528 g/mol. The van der Waals surface area contributed by atoms with Gasteiger partial charge < -0.3 is 25.6 Å². The number of hydrogen-bond donors (Lipinski definition) is 2. The minimum atomic E-state index is -0.981. The Morgan fingerprint density at radius 2 is 1.97 bits per heavy atom. The van der Waals surface area contributed by atoms with Gasteiger partial charge in [-0.3, -0.25) is 19.2 Å². The fourth-order valence-electron chi connectivity index (χ4n) is 5.68. The summed E-state index contributed by atoms with van der Waals surface area (Å²) in [5.74, 6) is -0.0696. The minimum absolute atomic E-state index is 0.172. The lowest BCUT2D eigenvalue weighted by Crippen LogP contribution is -2.56. The minimum Gasteiger partial charge on any atom is -0.484 e. The first kappa shape index (κ1) is 26.4. The molecule has 9 nitrogen and oxygen atoms in total. The maximum Gasteiger partial charge on any atom is 0.262 e. The molecule has 11 heteroatoms. The molecule has 3 heterocycles. The summed E-state index contributed by atoms with van der Waals surface area (Å²) in [6.07, 6.45) is 2.24. The van der Waals surface area contributed by atoms with Gasteiger partial charge in [0.25, 0.3) is 11.8 Å². The van der Waals surface area contributed by atoms with Crippen LogP contribution in [0.2, 0.25) is 5.02 Å². The molecule has 3 saturated heterocycles. The molecule has 3 aliphatic heterocycles. The third-order valence-electron chi connectivity index (χ3n) is 7.58. The molecule has 2 aromatic rings. The zero-order chi connectivity index (χ0) is 27.0. The van der Waals surface area contributed by atoms with Crippen LogP contribution in [0.1, 0.15) is 41.6 Å². The largest absolute Gasteiger partial charge is 0.484 e. The summed E-state index contributed by atoms with van der Waals surface area (Å²) in [5.41, 5.74) is 6.16. The molecule has 38 heavy (non-hydrogen) atoms. The molecule has 5 rings (SSSR count). The third kappa shape index (κ3) is 4.71. The molecule has 0 aromatic heterocycles. The zero-order valence-corrected chi connectivity index (χ0v) is 22.5. The van der Waals surface area contributed by atoms with Crippen molar-refractivity contribution >= 4 is 52.7 Å². The average molecular weight is 557 g/mol. The van der Waals surface area contributed by atoms with Crippen LogP contribution in [0.4, 0.5) is 5.69 Å². The molecule has 3 fully saturated rings. The molecule has 1 spiro atoms. The lowest BCUT2D eigenvalue weighted by molar-refractivity contribution is -0.142. The number of anilines is 1. The number of benzene rings is 2. The van der Waals surface area contributed by atoms with Crippen LogP contribution in [-0.2, 0) is 14.4 Å². The molecule has 3 N–H and O–H groups in total. The first-order valence-corrected chi connectivity index (χ1v) is 14.0. The average Bonchev–Trinajstić information content (AvgIpc) is 3.45. The van der Waals surface area contributed by atoms with Gasteiger partial charge in [0, 0.05) is 29.2 Å². The summed E-state index contributed by atoms with van der Waals surface area (Å²) >= 11 is 7.52. The summed E-state index contributed by atoms with van der Waals surface area (Å²) in [4.78, 5) is 55.6. The Labute approximate surface area is 230 Å². The van der Waals surface area contributed by atoms with Crippen LogP contribution in [0.3, 0.4) is 0 Å². The van der Waals surface area contributed by atoms with Crippen molar-refractivity contribution in [2.24, 2.45) is 5.73 Å². The molecular formula is C27H29ClN4O5S. The standard InChI is InChI=1S/C27H29ClN4O5S/c1-16-19(4-2-5-20(16)30-22(33)15-37-18-8-6-17(28)7-9-18)25(35)31-12-3-11-27(31)14-23-32(26(27)36)21(24(29)34)10-13-38-23/h2,4-9,21,23H,3,10-15H2,1H3,(H2,29,34)(H,30,33)/t21-,23?,27?/m1/s1. The number of amides is 4. The van der Waals surface area contributed by atoms with E-state index in [-0.39, 0.29) is 29.7 Å². The van der Waals surface area contributed by atoms with E-state index in [0.717, 1.165) is 5.75 Å². The van der Waals surface area contributed by atoms with Crippen LogP contribution in [0, 0.1) is 6.92 Å². The number of thioether (sulfide) groups is 1. The van der Waals surface area contributed by atoms with E-state index in [1.165, 1.54) is 0 Å². The highest BCUT2D eigenvalue weighted by Gasteiger charge is 2.61. The number of halogens is 1. The van der Waals surface area contributed by atoms with E-state index >= 15 is 0 Å². The SMILES string of the molecule is Cc1c(NC(=O)COc2ccc(Cl)cc2)cccc1C(=O)N1CCCC12CC1SCC[C@H](C(N)=O)N1C2=O. The maximum absolute atomic E-state index is 13.9. The number of nitrogens with two attached hydrogens (primary N) is 1. The third-order valence-corrected chi connectivity index (χ3v) is 9.08. The van der Waals surface area contributed by atoms with Crippen molar-refractivity contribution in [1.29, 1.82) is 0 Å². The maximum atomic E-state index is 13.9. The van der Waals surface area contributed by atoms with Crippen molar-refractivity contribution in [3.05, 3.63) is 58.6 Å². The van der Waals surface area contributed by atoms with Gasteiger partial charge in [-0.2, -0.15) is 0 Å². The second-order valence-electron chi connectivity index (χ2n) is 9.81. The highest BCUT2D eigenvalue weighted by atomic mass is 35.5. The van der Waals surface area contributed by atoms with Gasteiger partial charge in [-0.05, 0) is 73.9 Å². The lowest BCUT2D eigenvalue weighted by atomic mass is 9.93. The number of ether oxygens (including phenoxy) is 1. The van der Waals surface area contributed by atoms with E-state index in [4.69, 9.17) is 22.1 Å². The molecule has 0 bridgehead atoms. The summed E-state index contributed by atoms with van der Waals surface area (Å²) in [7, 11) is 0. The first-order valence-electron chi connectivity index (χ1n) is 12.5. The molecule has 0 aliphatic carbocycles. The normalized spacial score (nSPS) is 24.4. The molecule has 2 unspecified atom stereocenters. The number of fused-ring (bicyclic) bond motifs is 1. The Bertz CT molecular complexity index is 1290. The van der Waals surface area contributed by atoms with Gasteiger partial charge in [0.1, 0.15) is 17.3 Å². The van der Waals surface area contributed by atoms with Crippen LogP contribution in [0.5, 0.6) is 5.75 Å². The Balaban J connectivity index is 1.33. The topological polar surface area (TPSA) is 122 Å². The number of carbonyl (C=O) groups is 4. The van der Waals surface area contributed by atoms with Gasteiger partial charge in [-0.15, -0.1) is 11.8 Å². The number of carbonyl (C=O) groups excluding carboxylic acids is 4. The van der Waals surface area contributed by atoms with Crippen LogP contribution >= 0.6 is 23.4 Å². The second-order valence-corrected chi connectivity index (χ2v) is 11.5. The molecule has 200 valence electrons. The van der Waals surface area contributed by atoms with Crippen LogP contribution < -0.4 is 15.8 Å². The lowest BCUT2D eigenvalue weighted by Gasteiger charge is -2.36. The fourth-order valence-corrected chi connectivity index (χ4v) is 7.24. The zero-order valence-electron chi connectivity index (χ0n) is 20.9. The predicted octanol–water partition coefficient (Wildman–Crippen LogP) is 3.19. The van der Waals surface area contributed by atoms with Gasteiger partial charge >= 0.3 is 0 Å². The Kier molecular flexibility index (Phi) is 7.28. The van der Waals surface area contributed by atoms with Crippen molar-refractivity contribution in [3.63, 3.8) is 0 Å². The van der Waals surface area contributed by atoms with E-state index in [2.05, 4.69) is 5.32 Å². The summed E-state index contributed by atoms with van der Waals surface area (Å²) < 4.78 is 5.52. The smallest absolute Gasteiger partial charge is 0.262 e. The Morgan fingerprint density at radius 3 is 2.71 bits per heavy atom. The summed E-state index contributed by atoms with van der Waals surface area (Å²) in [5, 5.41) is 3.21. The van der Waals surface area contributed by atoms with Gasteiger partial charge in [0.15, 0.2) is 6.61 Å². The van der Waals surface area contributed by atoms with Crippen molar-refractivity contribution in [2.45, 2.75) is 49.6 Å². The van der Waals surface area contributed by atoms with Crippen molar-refractivity contribution in [1.82, 2.24) is 9.80 Å². The quantitative estimate of drug-likeness (QED) is 0.563. The van der Waals surface area contributed by atoms with Crippen LogP contribution in [0.25, 0.3) is 0 Å². The van der Waals surface area contributed by atoms with Crippen molar-refractivity contribution in [3.8, 4) is 5.75 Å². The van der Waals surface area contributed by atoms with E-state index in [9.17, 15) is 19.2 Å². The molecule has 3 atom stereocenters. The molecule has 4 amide bonds. The van der Waals surface area contributed by atoms with Crippen molar-refractivity contribution < 1.29 is 23.9 Å². The van der Waals surface area contributed by atoms with Crippen molar-refractivity contribution in [2.75, 3.05) is 24.2 Å². The second kappa shape index (κ2) is 10.5. The number of hydrogen-bond acceptors (Lipinski definition) is 6. The summed E-state index contributed by atoms with van der Waals surface area (Å²) in [6.45, 7) is 2.01. The van der Waals surface area contributed by atoms with E-state index in [1.54, 1.807) is 71.0 Å². The van der Waals surface area contributed by atoms with Crippen LogP contribution in [0.15, 0.2) is 42.5 Å². The molecule has 0 radical (unpaired) electrons. The first-order chi connectivity index (χ1) is 18.2. The number of likely N-dealkylation sites (tertiary alicyclic amines) is 1. The number of rotatable bonds is 6. The molecule has 0 saturated carbocycles.